The highest BCUT2D eigenvalue weighted by molar-refractivity contribution is 5.92. The Morgan fingerprint density at radius 1 is 1.79 bits per heavy atom. The predicted molar refractivity (Wildman–Crippen MR) is 53.1 cm³/mol. The zero-order chi connectivity index (χ0) is 9.97. The maximum absolute atomic E-state index is 11.4. The Morgan fingerprint density at radius 2 is 2.57 bits per heavy atom. The van der Waals surface area contributed by atoms with Crippen LogP contribution in [0.1, 0.15) is 34.9 Å². The number of hydrogen-bond acceptors (Lipinski definition) is 2. The van der Waals surface area contributed by atoms with Gasteiger partial charge in [0.15, 0.2) is 0 Å². The fourth-order valence-electron chi connectivity index (χ4n) is 1.31. The third-order valence-electron chi connectivity index (χ3n) is 2.25. The normalized spacial score (nSPS) is 15.1. The quantitative estimate of drug-likeness (QED) is 0.702. The smallest absolute Gasteiger partial charge is 0.272 e. The van der Waals surface area contributed by atoms with Crippen LogP contribution in [0.3, 0.4) is 0 Å². The van der Waals surface area contributed by atoms with Gasteiger partial charge in [-0.05, 0) is 18.9 Å². The number of rotatable bonds is 4. The van der Waals surface area contributed by atoms with Crippen LogP contribution in [0, 0.1) is 0 Å². The average Bonchev–Trinajstić information content (AvgIpc) is 2.93. The monoisotopic (exact) mass is 191 g/mol. The van der Waals surface area contributed by atoms with Crippen LogP contribution in [-0.4, -0.2) is 22.6 Å². The molecule has 0 aliphatic heterocycles. The highest BCUT2D eigenvalue weighted by atomic mass is 16.1. The van der Waals surface area contributed by atoms with E-state index in [0.29, 0.717) is 18.2 Å². The molecule has 1 aliphatic rings. The molecule has 4 heteroatoms. The summed E-state index contributed by atoms with van der Waals surface area (Å²) in [6.45, 7) is 4.00. The Bertz CT molecular complexity index is 352. The molecule has 0 saturated heterocycles. The highest BCUT2D eigenvalue weighted by Crippen LogP contribution is 2.38. The van der Waals surface area contributed by atoms with Crippen molar-refractivity contribution in [3.05, 3.63) is 30.1 Å². The van der Waals surface area contributed by atoms with Gasteiger partial charge in [0, 0.05) is 18.2 Å². The molecular formula is C10H13N3O. The molecule has 1 fully saturated rings. The van der Waals surface area contributed by atoms with Crippen molar-refractivity contribution in [3.8, 4) is 0 Å². The lowest BCUT2D eigenvalue weighted by Crippen LogP contribution is -2.23. The number of carbonyl (C=O) groups is 1. The van der Waals surface area contributed by atoms with Gasteiger partial charge in [-0.3, -0.25) is 9.89 Å². The van der Waals surface area contributed by atoms with Gasteiger partial charge in [0.25, 0.3) is 5.91 Å². The fourth-order valence-corrected chi connectivity index (χ4v) is 1.31. The Hall–Kier alpha value is -1.58. The topological polar surface area (TPSA) is 57.8 Å². The lowest BCUT2D eigenvalue weighted by atomic mass is 10.2. The van der Waals surface area contributed by atoms with Gasteiger partial charge in [0.2, 0.25) is 0 Å². The lowest BCUT2D eigenvalue weighted by molar-refractivity contribution is 0.0953. The van der Waals surface area contributed by atoms with Crippen LogP contribution >= 0.6 is 0 Å². The summed E-state index contributed by atoms with van der Waals surface area (Å²) < 4.78 is 0. The summed E-state index contributed by atoms with van der Waals surface area (Å²) >= 11 is 0. The number of carbonyl (C=O) groups excluding carboxylic acids is 1. The van der Waals surface area contributed by atoms with E-state index in [-0.39, 0.29) is 5.91 Å². The van der Waals surface area contributed by atoms with Crippen molar-refractivity contribution in [2.45, 2.75) is 18.8 Å². The van der Waals surface area contributed by atoms with E-state index in [4.69, 9.17) is 0 Å². The summed E-state index contributed by atoms with van der Waals surface area (Å²) in [5.41, 5.74) is 1.54. The van der Waals surface area contributed by atoms with E-state index in [2.05, 4.69) is 22.1 Å². The van der Waals surface area contributed by atoms with Crippen molar-refractivity contribution in [1.29, 1.82) is 0 Å². The van der Waals surface area contributed by atoms with Gasteiger partial charge < -0.3 is 5.32 Å². The summed E-state index contributed by atoms with van der Waals surface area (Å²) in [6, 6.07) is 1.83. The molecule has 0 bridgehead atoms. The van der Waals surface area contributed by atoms with Gasteiger partial charge in [-0.2, -0.15) is 5.10 Å². The molecule has 2 rings (SSSR count). The third kappa shape index (κ3) is 1.84. The Balaban J connectivity index is 2.00. The molecule has 0 atom stereocenters. The maximum atomic E-state index is 11.4. The molecule has 0 radical (unpaired) electrons. The second-order valence-electron chi connectivity index (χ2n) is 3.48. The molecule has 1 aromatic heterocycles. The van der Waals surface area contributed by atoms with Crippen molar-refractivity contribution in [2.24, 2.45) is 0 Å². The summed E-state index contributed by atoms with van der Waals surface area (Å²) in [6.07, 6.45) is 4.05. The zero-order valence-electron chi connectivity index (χ0n) is 7.92. The van der Waals surface area contributed by atoms with E-state index in [1.165, 1.54) is 12.8 Å². The largest absolute Gasteiger partial charge is 0.347 e. The van der Waals surface area contributed by atoms with Crippen molar-refractivity contribution >= 4 is 5.91 Å². The number of amides is 1. The molecule has 1 heterocycles. The number of aromatic nitrogens is 2. The van der Waals surface area contributed by atoms with Gasteiger partial charge in [-0.25, -0.2) is 0 Å². The van der Waals surface area contributed by atoms with E-state index < -0.39 is 0 Å². The first-order valence-electron chi connectivity index (χ1n) is 4.75. The summed E-state index contributed by atoms with van der Waals surface area (Å²) in [7, 11) is 0. The predicted octanol–water partition coefficient (Wildman–Crippen LogP) is 1.20. The van der Waals surface area contributed by atoms with Gasteiger partial charge in [0.05, 0.1) is 0 Å². The molecule has 0 spiro atoms. The van der Waals surface area contributed by atoms with E-state index in [9.17, 15) is 4.79 Å². The second kappa shape index (κ2) is 3.65. The van der Waals surface area contributed by atoms with Crippen molar-refractivity contribution in [1.82, 2.24) is 15.5 Å². The number of H-pyrrole nitrogens is 1. The highest BCUT2D eigenvalue weighted by Gasteiger charge is 2.26. The van der Waals surface area contributed by atoms with Crippen molar-refractivity contribution < 1.29 is 4.79 Å². The molecule has 1 amide bonds. The van der Waals surface area contributed by atoms with Gasteiger partial charge in [-0.15, -0.1) is 6.58 Å². The van der Waals surface area contributed by atoms with E-state index in [0.717, 1.165) is 5.69 Å². The van der Waals surface area contributed by atoms with E-state index in [1.807, 2.05) is 6.07 Å². The van der Waals surface area contributed by atoms with Gasteiger partial charge in [0.1, 0.15) is 5.69 Å². The Kier molecular flexibility index (Phi) is 2.35. The number of aromatic amines is 1. The third-order valence-corrected chi connectivity index (χ3v) is 2.25. The minimum absolute atomic E-state index is 0.145. The SMILES string of the molecule is C=CCNC(=O)c1cc(C2CC2)[nH]n1. The Labute approximate surface area is 82.4 Å². The van der Waals surface area contributed by atoms with Crippen molar-refractivity contribution in [2.75, 3.05) is 6.54 Å². The number of hydrogen-bond donors (Lipinski definition) is 2. The lowest BCUT2D eigenvalue weighted by Gasteiger charge is -1.96. The summed E-state index contributed by atoms with van der Waals surface area (Å²) in [4.78, 5) is 11.4. The molecular weight excluding hydrogens is 178 g/mol. The first-order valence-corrected chi connectivity index (χ1v) is 4.75. The van der Waals surface area contributed by atoms with E-state index in [1.54, 1.807) is 6.08 Å². The fraction of sp³-hybridized carbons (Fsp3) is 0.400. The first-order chi connectivity index (χ1) is 6.81. The minimum atomic E-state index is -0.145. The molecule has 4 nitrogen and oxygen atoms in total. The Morgan fingerprint density at radius 3 is 3.21 bits per heavy atom. The molecule has 0 aromatic carbocycles. The van der Waals surface area contributed by atoms with Crippen molar-refractivity contribution in [3.63, 3.8) is 0 Å². The zero-order valence-corrected chi connectivity index (χ0v) is 7.92. The number of nitrogens with one attached hydrogen (secondary N) is 2. The van der Waals surface area contributed by atoms with Crippen LogP contribution in [0.15, 0.2) is 18.7 Å². The molecule has 14 heavy (non-hydrogen) atoms. The molecule has 1 aromatic rings. The van der Waals surface area contributed by atoms with Gasteiger partial charge >= 0.3 is 0 Å². The summed E-state index contributed by atoms with van der Waals surface area (Å²) in [5, 5.41) is 9.53. The molecule has 74 valence electrons. The number of nitrogens with zero attached hydrogens (tertiary/aromatic N) is 1. The minimum Gasteiger partial charge on any atom is -0.347 e. The van der Waals surface area contributed by atoms with Crippen LogP contribution in [0.2, 0.25) is 0 Å². The molecule has 1 saturated carbocycles. The molecule has 1 aliphatic carbocycles. The van der Waals surface area contributed by atoms with Crippen LogP contribution in [0.25, 0.3) is 0 Å². The van der Waals surface area contributed by atoms with Crippen LogP contribution < -0.4 is 5.32 Å². The van der Waals surface area contributed by atoms with Crippen LogP contribution in [0.4, 0.5) is 0 Å². The van der Waals surface area contributed by atoms with Crippen LogP contribution in [-0.2, 0) is 0 Å². The maximum Gasteiger partial charge on any atom is 0.272 e. The molecule has 0 unspecified atom stereocenters. The van der Waals surface area contributed by atoms with E-state index >= 15 is 0 Å². The first kappa shape index (κ1) is 8.99. The second-order valence-corrected chi connectivity index (χ2v) is 3.48. The standard InChI is InChI=1S/C10H13N3O/c1-2-5-11-10(14)9-6-8(12-13-9)7-3-4-7/h2,6-7H,1,3-5H2,(H,11,14)(H,12,13). The average molecular weight is 191 g/mol. The van der Waals surface area contributed by atoms with Crippen LogP contribution in [0.5, 0.6) is 0 Å². The summed E-state index contributed by atoms with van der Waals surface area (Å²) in [5.74, 6) is 0.455. The molecule has 2 N–H and O–H groups in total. The van der Waals surface area contributed by atoms with Gasteiger partial charge in [-0.1, -0.05) is 6.08 Å².